The Balaban J connectivity index is 1.78. The Morgan fingerprint density at radius 1 is 1.24 bits per heavy atom. The molecule has 1 unspecified atom stereocenters. The van der Waals surface area contributed by atoms with Crippen LogP contribution in [0.25, 0.3) is 0 Å². The normalized spacial score (nSPS) is 13.4. The summed E-state index contributed by atoms with van der Waals surface area (Å²) in [6.07, 6.45) is 0. The molecule has 0 fully saturated rings. The van der Waals surface area contributed by atoms with Crippen LogP contribution in [-0.2, 0) is 12.1 Å². The van der Waals surface area contributed by atoms with Crippen molar-refractivity contribution in [2.45, 2.75) is 19.1 Å². The van der Waals surface area contributed by atoms with Crippen molar-refractivity contribution in [1.29, 1.82) is 0 Å². The van der Waals surface area contributed by atoms with Gasteiger partial charge in [0.2, 0.25) is 0 Å². The molecule has 0 spiro atoms. The molecule has 0 saturated heterocycles. The lowest BCUT2D eigenvalue weighted by molar-refractivity contribution is 0.0631. The van der Waals surface area contributed by atoms with Crippen LogP contribution in [0.1, 0.15) is 17.4 Å². The van der Waals surface area contributed by atoms with Gasteiger partial charge in [0.05, 0.1) is 6.54 Å². The Morgan fingerprint density at radius 3 is 2.57 bits per heavy atom. The van der Waals surface area contributed by atoms with E-state index in [2.05, 4.69) is 10.6 Å². The predicted molar refractivity (Wildman–Crippen MR) is 82.2 cm³/mol. The lowest BCUT2D eigenvalue weighted by Crippen LogP contribution is -2.42. The monoisotopic (exact) mass is 306 g/mol. The summed E-state index contributed by atoms with van der Waals surface area (Å²) in [6, 6.07) is 9.95. The van der Waals surface area contributed by atoms with Crippen LogP contribution >= 0.6 is 11.3 Å². The number of amides is 2. The molecule has 2 rings (SSSR count). The number of hydrogen-bond donors (Lipinski definition) is 4. The van der Waals surface area contributed by atoms with E-state index in [0.717, 1.165) is 10.4 Å². The lowest BCUT2D eigenvalue weighted by atomic mass is 10.1. The molecule has 112 valence electrons. The number of aliphatic hydroxyl groups is 1. The van der Waals surface area contributed by atoms with Crippen molar-refractivity contribution in [2.75, 3.05) is 6.54 Å². The highest BCUT2D eigenvalue weighted by molar-refractivity contribution is 7.10. The van der Waals surface area contributed by atoms with Gasteiger partial charge in [-0.1, -0.05) is 18.2 Å². The minimum absolute atomic E-state index is 0.134. The first-order valence-electron chi connectivity index (χ1n) is 6.53. The van der Waals surface area contributed by atoms with Gasteiger partial charge < -0.3 is 20.8 Å². The molecule has 6 heteroatoms. The number of nitrogens with one attached hydrogen (secondary N) is 2. The molecule has 0 radical (unpaired) electrons. The molecule has 1 heterocycles. The van der Waals surface area contributed by atoms with E-state index in [-0.39, 0.29) is 18.3 Å². The van der Waals surface area contributed by atoms with E-state index in [4.69, 9.17) is 0 Å². The fraction of sp³-hybridized carbons (Fsp3) is 0.267. The number of phenolic OH excluding ortho intramolecular Hbond substituents is 1. The second-order valence-corrected chi connectivity index (χ2v) is 5.90. The lowest BCUT2D eigenvalue weighted by Gasteiger charge is -2.22. The zero-order chi connectivity index (χ0) is 15.3. The van der Waals surface area contributed by atoms with E-state index in [1.165, 1.54) is 11.3 Å². The predicted octanol–water partition coefficient (Wildman–Crippen LogP) is 2.16. The average Bonchev–Trinajstić information content (AvgIpc) is 3.00. The van der Waals surface area contributed by atoms with Crippen molar-refractivity contribution < 1.29 is 15.0 Å². The number of phenols is 1. The van der Waals surface area contributed by atoms with Crippen LogP contribution in [0.2, 0.25) is 0 Å². The highest BCUT2D eigenvalue weighted by atomic mass is 32.1. The minimum Gasteiger partial charge on any atom is -0.508 e. The van der Waals surface area contributed by atoms with E-state index >= 15 is 0 Å². The molecule has 21 heavy (non-hydrogen) atoms. The number of rotatable bonds is 5. The molecule has 2 aromatic rings. The third-order valence-electron chi connectivity index (χ3n) is 3.03. The molecule has 0 bridgehead atoms. The topological polar surface area (TPSA) is 81.6 Å². The highest BCUT2D eigenvalue weighted by Gasteiger charge is 2.24. The van der Waals surface area contributed by atoms with Crippen LogP contribution in [0, 0.1) is 0 Å². The smallest absolute Gasteiger partial charge is 0.315 e. The third-order valence-corrected chi connectivity index (χ3v) is 4.16. The molecular formula is C15H18N2O3S. The summed E-state index contributed by atoms with van der Waals surface area (Å²) in [5.41, 5.74) is -0.197. The van der Waals surface area contributed by atoms with Crippen molar-refractivity contribution in [3.05, 3.63) is 52.2 Å². The first-order chi connectivity index (χ1) is 9.97. The molecular weight excluding hydrogens is 288 g/mol. The Bertz CT molecular complexity index is 579. The summed E-state index contributed by atoms with van der Waals surface area (Å²) in [5.74, 6) is 0.190. The van der Waals surface area contributed by atoms with Crippen molar-refractivity contribution in [3.8, 4) is 5.75 Å². The summed E-state index contributed by atoms with van der Waals surface area (Å²) in [5, 5.41) is 26.7. The van der Waals surface area contributed by atoms with Crippen molar-refractivity contribution in [2.24, 2.45) is 0 Å². The Labute approximate surface area is 127 Å². The van der Waals surface area contributed by atoms with Gasteiger partial charge in [0.15, 0.2) is 0 Å². The van der Waals surface area contributed by atoms with Crippen LogP contribution in [0.3, 0.4) is 0 Å². The second kappa shape index (κ2) is 6.60. The minimum atomic E-state index is -1.08. The van der Waals surface area contributed by atoms with E-state index in [1.54, 1.807) is 31.2 Å². The van der Waals surface area contributed by atoms with Gasteiger partial charge in [-0.25, -0.2) is 4.79 Å². The Hall–Kier alpha value is -2.05. The first-order valence-corrected chi connectivity index (χ1v) is 7.41. The van der Waals surface area contributed by atoms with E-state index < -0.39 is 5.60 Å². The number of urea groups is 1. The fourth-order valence-corrected chi connectivity index (χ4v) is 2.57. The fourth-order valence-electron chi connectivity index (χ4n) is 1.78. The van der Waals surface area contributed by atoms with Crippen LogP contribution in [-0.4, -0.2) is 22.8 Å². The van der Waals surface area contributed by atoms with Crippen LogP contribution in [0.5, 0.6) is 5.75 Å². The van der Waals surface area contributed by atoms with Gasteiger partial charge in [-0.2, -0.15) is 0 Å². The zero-order valence-corrected chi connectivity index (χ0v) is 12.5. The number of benzene rings is 1. The van der Waals surface area contributed by atoms with Gasteiger partial charge in [0.25, 0.3) is 0 Å². The van der Waals surface area contributed by atoms with Crippen LogP contribution in [0.15, 0.2) is 41.8 Å². The standard InChI is InChI=1S/C15H18N2O3S/c1-15(20,13-3-2-8-21-13)10-17-14(19)16-9-11-4-6-12(18)7-5-11/h2-8,18,20H,9-10H2,1H3,(H2,16,17,19). The van der Waals surface area contributed by atoms with Gasteiger partial charge in [-0.05, 0) is 36.1 Å². The van der Waals surface area contributed by atoms with Crippen molar-refractivity contribution in [1.82, 2.24) is 10.6 Å². The maximum Gasteiger partial charge on any atom is 0.315 e. The summed E-state index contributed by atoms with van der Waals surface area (Å²) >= 11 is 1.45. The van der Waals surface area contributed by atoms with Gasteiger partial charge in [0, 0.05) is 11.4 Å². The van der Waals surface area contributed by atoms with Crippen LogP contribution < -0.4 is 10.6 Å². The number of aromatic hydroxyl groups is 1. The van der Waals surface area contributed by atoms with Gasteiger partial charge in [0.1, 0.15) is 11.4 Å². The average molecular weight is 306 g/mol. The highest BCUT2D eigenvalue weighted by Crippen LogP contribution is 2.24. The first kappa shape index (κ1) is 15.3. The van der Waals surface area contributed by atoms with Gasteiger partial charge >= 0.3 is 6.03 Å². The third kappa shape index (κ3) is 4.47. The molecule has 2 amide bonds. The molecule has 0 aliphatic heterocycles. The molecule has 1 aromatic carbocycles. The van der Waals surface area contributed by atoms with E-state index in [0.29, 0.717) is 6.54 Å². The maximum atomic E-state index is 11.7. The summed E-state index contributed by atoms with van der Waals surface area (Å²) in [6.45, 7) is 2.15. The summed E-state index contributed by atoms with van der Waals surface area (Å²) < 4.78 is 0. The van der Waals surface area contributed by atoms with Crippen molar-refractivity contribution in [3.63, 3.8) is 0 Å². The number of hydrogen-bond acceptors (Lipinski definition) is 4. The molecule has 4 N–H and O–H groups in total. The molecule has 0 saturated carbocycles. The number of carbonyl (C=O) groups excluding carboxylic acids is 1. The molecule has 0 aliphatic rings. The molecule has 5 nitrogen and oxygen atoms in total. The Kier molecular flexibility index (Phi) is 4.82. The van der Waals surface area contributed by atoms with Crippen LogP contribution in [0.4, 0.5) is 4.79 Å². The molecule has 1 atom stereocenters. The summed E-state index contributed by atoms with van der Waals surface area (Å²) in [4.78, 5) is 12.5. The number of thiophene rings is 1. The van der Waals surface area contributed by atoms with E-state index in [9.17, 15) is 15.0 Å². The summed E-state index contributed by atoms with van der Waals surface area (Å²) in [7, 11) is 0. The largest absolute Gasteiger partial charge is 0.508 e. The number of carbonyl (C=O) groups is 1. The zero-order valence-electron chi connectivity index (χ0n) is 11.7. The van der Waals surface area contributed by atoms with Gasteiger partial charge in [-0.3, -0.25) is 0 Å². The quantitative estimate of drug-likeness (QED) is 0.683. The van der Waals surface area contributed by atoms with Crippen molar-refractivity contribution >= 4 is 17.4 Å². The molecule has 0 aliphatic carbocycles. The SMILES string of the molecule is CC(O)(CNC(=O)NCc1ccc(O)cc1)c1cccs1. The van der Waals surface area contributed by atoms with Gasteiger partial charge in [-0.15, -0.1) is 11.3 Å². The molecule has 1 aromatic heterocycles. The second-order valence-electron chi connectivity index (χ2n) is 4.95. The van der Waals surface area contributed by atoms with E-state index in [1.807, 2.05) is 17.5 Å². The Morgan fingerprint density at radius 2 is 1.95 bits per heavy atom. The maximum absolute atomic E-state index is 11.7.